The first-order chi connectivity index (χ1) is 12.8. The number of nitrogens with zero attached hydrogens (tertiary/aromatic N) is 3. The smallest absolute Gasteiger partial charge is 0.322 e. The molecule has 142 valence electrons. The molecule has 9 heteroatoms. The molecule has 8 nitrogen and oxygen atoms in total. The number of urea groups is 1. The van der Waals surface area contributed by atoms with E-state index in [4.69, 9.17) is 0 Å². The second kappa shape index (κ2) is 6.26. The molecule has 2 fully saturated rings. The van der Waals surface area contributed by atoms with Gasteiger partial charge in [0.25, 0.3) is 11.8 Å². The van der Waals surface area contributed by atoms with Gasteiger partial charge in [-0.25, -0.2) is 14.8 Å². The Morgan fingerprint density at radius 1 is 1.15 bits per heavy atom. The van der Waals surface area contributed by atoms with Gasteiger partial charge in [-0.05, 0) is 39.2 Å². The maximum Gasteiger partial charge on any atom is 0.344 e. The Bertz CT molecular complexity index is 977. The molecule has 4 amide bonds. The number of imide groups is 1. The Labute approximate surface area is 160 Å². The van der Waals surface area contributed by atoms with Gasteiger partial charge in [-0.15, -0.1) is 11.3 Å². The van der Waals surface area contributed by atoms with Gasteiger partial charge in [0.2, 0.25) is 0 Å². The molecule has 3 heterocycles. The van der Waals surface area contributed by atoms with Crippen LogP contribution < -0.4 is 10.7 Å². The summed E-state index contributed by atoms with van der Waals surface area (Å²) in [5.74, 6) is -0.211. The van der Waals surface area contributed by atoms with Crippen molar-refractivity contribution >= 4 is 39.4 Å². The monoisotopic (exact) mass is 387 g/mol. The van der Waals surface area contributed by atoms with E-state index in [9.17, 15) is 14.4 Å². The summed E-state index contributed by atoms with van der Waals surface area (Å²) in [6.45, 7) is 5.51. The molecule has 0 aromatic carbocycles. The van der Waals surface area contributed by atoms with Crippen molar-refractivity contribution < 1.29 is 14.4 Å². The van der Waals surface area contributed by atoms with E-state index in [2.05, 4.69) is 20.7 Å². The van der Waals surface area contributed by atoms with E-state index in [1.165, 1.54) is 11.3 Å². The quantitative estimate of drug-likeness (QED) is 0.771. The lowest BCUT2D eigenvalue weighted by Gasteiger charge is -2.30. The molecule has 1 saturated carbocycles. The minimum atomic E-state index is -0.864. The molecule has 4 rings (SSSR count). The molecule has 1 aliphatic carbocycles. The lowest BCUT2D eigenvalue weighted by molar-refractivity contribution is -0.134. The van der Waals surface area contributed by atoms with Crippen LogP contribution in [0.2, 0.25) is 0 Å². The molecular formula is C18H21N5O3S. The first kappa shape index (κ1) is 17.8. The Morgan fingerprint density at radius 3 is 2.56 bits per heavy atom. The van der Waals surface area contributed by atoms with Crippen molar-refractivity contribution in [1.29, 1.82) is 0 Å². The Balaban J connectivity index is 1.62. The SMILES string of the molecule is Cc1nc(C)c2c(C)c(C(=O)NN3C(=O)NC4(CCCCC4)C3=O)sc2n1. The zero-order valence-electron chi connectivity index (χ0n) is 15.5. The van der Waals surface area contributed by atoms with Gasteiger partial charge in [0, 0.05) is 11.1 Å². The predicted octanol–water partition coefficient (Wildman–Crippen LogP) is 2.52. The highest BCUT2D eigenvalue weighted by Crippen LogP contribution is 2.34. The van der Waals surface area contributed by atoms with E-state index in [0.29, 0.717) is 23.5 Å². The number of carbonyl (C=O) groups excluding carboxylic acids is 3. The fourth-order valence-corrected chi connectivity index (χ4v) is 5.23. The number of amides is 4. The predicted molar refractivity (Wildman–Crippen MR) is 100 cm³/mol. The van der Waals surface area contributed by atoms with Gasteiger partial charge < -0.3 is 5.32 Å². The average Bonchev–Trinajstić information content (AvgIpc) is 3.05. The van der Waals surface area contributed by atoms with Gasteiger partial charge in [-0.1, -0.05) is 19.3 Å². The zero-order chi connectivity index (χ0) is 19.3. The maximum absolute atomic E-state index is 12.8. The number of nitrogens with one attached hydrogen (secondary N) is 2. The van der Waals surface area contributed by atoms with Crippen LogP contribution in [0.5, 0.6) is 0 Å². The van der Waals surface area contributed by atoms with Crippen molar-refractivity contribution in [3.63, 3.8) is 0 Å². The summed E-state index contributed by atoms with van der Waals surface area (Å²) in [5.41, 5.74) is 3.19. The van der Waals surface area contributed by atoms with Crippen molar-refractivity contribution in [1.82, 2.24) is 25.7 Å². The number of rotatable bonds is 2. The van der Waals surface area contributed by atoms with Crippen LogP contribution in [0, 0.1) is 20.8 Å². The van der Waals surface area contributed by atoms with Crippen molar-refractivity contribution in [3.8, 4) is 0 Å². The van der Waals surface area contributed by atoms with Crippen LogP contribution in [0.25, 0.3) is 10.2 Å². The number of aromatic nitrogens is 2. The van der Waals surface area contributed by atoms with Gasteiger partial charge >= 0.3 is 6.03 Å². The van der Waals surface area contributed by atoms with E-state index >= 15 is 0 Å². The van der Waals surface area contributed by atoms with Crippen LogP contribution in [-0.2, 0) is 4.79 Å². The molecule has 2 N–H and O–H groups in total. The number of aryl methyl sites for hydroxylation is 3. The lowest BCUT2D eigenvalue weighted by atomic mass is 9.82. The second-order valence-corrected chi connectivity index (χ2v) is 8.25. The van der Waals surface area contributed by atoms with Gasteiger partial charge in [0.15, 0.2) is 0 Å². The van der Waals surface area contributed by atoms with Crippen molar-refractivity contribution in [3.05, 3.63) is 22.0 Å². The highest BCUT2D eigenvalue weighted by atomic mass is 32.1. The second-order valence-electron chi connectivity index (χ2n) is 7.25. The lowest BCUT2D eigenvalue weighted by Crippen LogP contribution is -2.50. The third kappa shape index (κ3) is 2.77. The molecule has 0 bridgehead atoms. The third-order valence-corrected chi connectivity index (χ3v) is 6.56. The summed E-state index contributed by atoms with van der Waals surface area (Å²) >= 11 is 1.24. The Kier molecular flexibility index (Phi) is 4.14. The largest absolute Gasteiger partial charge is 0.344 e. The number of fused-ring (bicyclic) bond motifs is 1. The summed E-state index contributed by atoms with van der Waals surface area (Å²) in [5, 5.41) is 4.47. The first-order valence-corrected chi connectivity index (χ1v) is 9.86. The van der Waals surface area contributed by atoms with Crippen molar-refractivity contribution in [2.45, 2.75) is 58.4 Å². The average molecular weight is 387 g/mol. The summed E-state index contributed by atoms with van der Waals surface area (Å²) in [6, 6.07) is -0.569. The molecule has 2 aliphatic rings. The van der Waals surface area contributed by atoms with Gasteiger partial charge in [-0.2, -0.15) is 5.01 Å². The highest BCUT2D eigenvalue weighted by molar-refractivity contribution is 7.20. The molecule has 1 aliphatic heterocycles. The van der Waals surface area contributed by atoms with Gasteiger partial charge in [-0.3, -0.25) is 15.0 Å². The Hall–Kier alpha value is -2.55. The number of thiophene rings is 1. The number of hydrogen-bond donors (Lipinski definition) is 2. The molecule has 1 saturated heterocycles. The number of hydrogen-bond acceptors (Lipinski definition) is 6. The molecule has 27 heavy (non-hydrogen) atoms. The van der Waals surface area contributed by atoms with Crippen LogP contribution in [-0.4, -0.2) is 38.4 Å². The standard InChI is InChI=1S/C18H21N5O3S/c1-9-12-10(2)19-11(3)20-15(12)27-13(9)14(24)22-23-16(25)18(21-17(23)26)7-5-4-6-8-18/h4-8H2,1-3H3,(H,21,26)(H,22,24). The first-order valence-electron chi connectivity index (χ1n) is 9.04. The molecule has 1 spiro atoms. The Morgan fingerprint density at radius 2 is 1.85 bits per heavy atom. The molecular weight excluding hydrogens is 366 g/mol. The minimum absolute atomic E-state index is 0.369. The third-order valence-electron chi connectivity index (χ3n) is 5.37. The van der Waals surface area contributed by atoms with Crippen LogP contribution >= 0.6 is 11.3 Å². The van der Waals surface area contributed by atoms with Crippen LogP contribution in [0.3, 0.4) is 0 Å². The zero-order valence-corrected chi connectivity index (χ0v) is 16.3. The van der Waals surface area contributed by atoms with Crippen LogP contribution in [0.15, 0.2) is 0 Å². The molecule has 2 aromatic rings. The number of hydrazine groups is 1. The minimum Gasteiger partial charge on any atom is -0.322 e. The maximum atomic E-state index is 12.8. The van der Waals surface area contributed by atoms with E-state index in [-0.39, 0.29) is 5.91 Å². The summed E-state index contributed by atoms with van der Waals surface area (Å²) in [7, 11) is 0. The van der Waals surface area contributed by atoms with E-state index in [1.807, 2.05) is 13.8 Å². The topological polar surface area (TPSA) is 104 Å². The van der Waals surface area contributed by atoms with E-state index in [1.54, 1.807) is 6.92 Å². The molecule has 2 aromatic heterocycles. The van der Waals surface area contributed by atoms with Gasteiger partial charge in [0.05, 0.1) is 4.88 Å². The van der Waals surface area contributed by atoms with Crippen LogP contribution in [0.4, 0.5) is 4.79 Å². The van der Waals surface area contributed by atoms with Crippen molar-refractivity contribution in [2.24, 2.45) is 0 Å². The molecule has 0 unspecified atom stereocenters. The normalized spacial score (nSPS) is 19.0. The van der Waals surface area contributed by atoms with Gasteiger partial charge in [0.1, 0.15) is 16.2 Å². The highest BCUT2D eigenvalue weighted by Gasteiger charge is 2.52. The molecule has 0 atom stereocenters. The summed E-state index contributed by atoms with van der Waals surface area (Å²) < 4.78 is 0. The van der Waals surface area contributed by atoms with Crippen LogP contribution in [0.1, 0.15) is 58.9 Å². The van der Waals surface area contributed by atoms with E-state index < -0.39 is 17.5 Å². The van der Waals surface area contributed by atoms with Crippen molar-refractivity contribution in [2.75, 3.05) is 0 Å². The summed E-state index contributed by atoms with van der Waals surface area (Å²) in [6.07, 6.45) is 4.05. The number of carbonyl (C=O) groups is 3. The summed E-state index contributed by atoms with van der Waals surface area (Å²) in [4.78, 5) is 47.9. The van der Waals surface area contributed by atoms with E-state index in [0.717, 1.165) is 45.7 Å². The molecule has 0 radical (unpaired) electrons. The fourth-order valence-electron chi connectivity index (χ4n) is 4.06. The fraction of sp³-hybridized carbons (Fsp3) is 0.500.